The van der Waals surface area contributed by atoms with Gasteiger partial charge in [-0.25, -0.2) is 0 Å². The molecule has 0 bridgehead atoms. The molecule has 0 saturated carbocycles. The number of fused-ring (bicyclic) bond motifs is 1. The summed E-state index contributed by atoms with van der Waals surface area (Å²) in [5.41, 5.74) is 2.88. The normalized spacial score (nSPS) is 23.9. The predicted octanol–water partition coefficient (Wildman–Crippen LogP) is 3.26. The molecule has 0 saturated heterocycles. The predicted molar refractivity (Wildman–Crippen MR) is 65.0 cm³/mol. The summed E-state index contributed by atoms with van der Waals surface area (Å²) in [6, 6.07) is 9.04. The van der Waals surface area contributed by atoms with Crippen LogP contribution in [0.1, 0.15) is 24.1 Å². The van der Waals surface area contributed by atoms with Crippen LogP contribution < -0.4 is 5.32 Å². The number of hydrogen-bond donors (Lipinski definition) is 1. The van der Waals surface area contributed by atoms with E-state index >= 15 is 0 Å². The van der Waals surface area contributed by atoms with Gasteiger partial charge in [-0.2, -0.15) is 0 Å². The van der Waals surface area contributed by atoms with Crippen LogP contribution in [-0.4, -0.2) is 6.54 Å². The van der Waals surface area contributed by atoms with Crippen LogP contribution in [0.15, 0.2) is 35.9 Å². The summed E-state index contributed by atoms with van der Waals surface area (Å²) in [7, 11) is 0. The van der Waals surface area contributed by atoms with Gasteiger partial charge in [-0.15, -0.1) is 0 Å². The Morgan fingerprint density at radius 1 is 1.53 bits per heavy atom. The molecule has 2 atom stereocenters. The zero-order valence-electron chi connectivity index (χ0n) is 8.96. The van der Waals surface area contributed by atoms with E-state index in [1.54, 1.807) is 0 Å². The highest BCUT2D eigenvalue weighted by atomic mass is 35.5. The van der Waals surface area contributed by atoms with Crippen LogP contribution in [0.3, 0.4) is 0 Å². The lowest BCUT2D eigenvalue weighted by atomic mass is 10.0. The second-order valence-corrected chi connectivity index (χ2v) is 4.79. The average Bonchev–Trinajstić information content (AvgIpc) is 2.50. The maximum Gasteiger partial charge on any atom is 0.0355 e. The Morgan fingerprint density at radius 2 is 2.27 bits per heavy atom. The third-order valence-electron chi connectivity index (χ3n) is 3.01. The molecule has 1 aromatic rings. The van der Waals surface area contributed by atoms with Gasteiger partial charge in [-0.1, -0.05) is 49.4 Å². The van der Waals surface area contributed by atoms with Gasteiger partial charge in [-0.05, 0) is 23.5 Å². The third-order valence-corrected chi connectivity index (χ3v) is 3.15. The van der Waals surface area contributed by atoms with Crippen molar-refractivity contribution < 1.29 is 0 Å². The van der Waals surface area contributed by atoms with Crippen LogP contribution in [0.2, 0.25) is 0 Å². The standard InChI is InChI=1S/C13H16ClN/c1-9-7-11-5-3-4-6-12(11)13(9)15-8-10(2)14/h3-6,9,13,15H,2,7-8H2,1H3. The summed E-state index contributed by atoms with van der Waals surface area (Å²) in [6.07, 6.45) is 1.16. The van der Waals surface area contributed by atoms with Gasteiger partial charge in [0, 0.05) is 17.6 Å². The molecule has 0 fully saturated rings. The fourth-order valence-electron chi connectivity index (χ4n) is 2.33. The monoisotopic (exact) mass is 221 g/mol. The highest BCUT2D eigenvalue weighted by molar-refractivity contribution is 6.29. The van der Waals surface area contributed by atoms with Gasteiger partial charge in [0.2, 0.25) is 0 Å². The van der Waals surface area contributed by atoms with Crippen LogP contribution in [0.25, 0.3) is 0 Å². The minimum atomic E-state index is 0.428. The summed E-state index contributed by atoms with van der Waals surface area (Å²) < 4.78 is 0. The van der Waals surface area contributed by atoms with Crippen molar-refractivity contribution in [3.05, 3.63) is 47.0 Å². The van der Waals surface area contributed by atoms with E-state index in [0.29, 0.717) is 23.5 Å². The Labute approximate surface area is 96.1 Å². The van der Waals surface area contributed by atoms with Crippen LogP contribution in [-0.2, 0) is 6.42 Å². The molecule has 1 nitrogen and oxygen atoms in total. The lowest BCUT2D eigenvalue weighted by Gasteiger charge is -2.18. The van der Waals surface area contributed by atoms with Crippen molar-refractivity contribution in [1.29, 1.82) is 0 Å². The van der Waals surface area contributed by atoms with E-state index in [9.17, 15) is 0 Å². The highest BCUT2D eigenvalue weighted by Crippen LogP contribution is 2.35. The molecule has 0 amide bonds. The molecule has 0 radical (unpaired) electrons. The largest absolute Gasteiger partial charge is 0.305 e. The third kappa shape index (κ3) is 2.24. The average molecular weight is 222 g/mol. The second kappa shape index (κ2) is 4.38. The first kappa shape index (κ1) is 10.7. The Kier molecular flexibility index (Phi) is 3.13. The molecule has 2 unspecified atom stereocenters. The summed E-state index contributed by atoms with van der Waals surface area (Å²) in [6.45, 7) is 6.66. The smallest absolute Gasteiger partial charge is 0.0355 e. The number of benzene rings is 1. The molecule has 1 N–H and O–H groups in total. The highest BCUT2D eigenvalue weighted by Gasteiger charge is 2.28. The molecular weight excluding hydrogens is 206 g/mol. The number of hydrogen-bond acceptors (Lipinski definition) is 1. The molecule has 0 spiro atoms. The van der Waals surface area contributed by atoms with Crippen LogP contribution in [0.5, 0.6) is 0 Å². The zero-order chi connectivity index (χ0) is 10.8. The topological polar surface area (TPSA) is 12.0 Å². The van der Waals surface area contributed by atoms with Gasteiger partial charge in [0.15, 0.2) is 0 Å². The Bertz CT molecular complexity index is 373. The molecule has 1 aliphatic carbocycles. The molecular formula is C13H16ClN. The molecule has 1 aliphatic rings. The van der Waals surface area contributed by atoms with E-state index < -0.39 is 0 Å². The molecule has 80 valence electrons. The van der Waals surface area contributed by atoms with Gasteiger partial charge in [-0.3, -0.25) is 0 Å². The number of nitrogens with one attached hydrogen (secondary N) is 1. The first-order valence-electron chi connectivity index (χ1n) is 5.33. The Balaban J connectivity index is 2.15. The van der Waals surface area contributed by atoms with E-state index in [1.807, 2.05) is 0 Å². The second-order valence-electron chi connectivity index (χ2n) is 4.26. The van der Waals surface area contributed by atoms with Gasteiger partial charge in [0.05, 0.1) is 0 Å². The molecule has 15 heavy (non-hydrogen) atoms. The lowest BCUT2D eigenvalue weighted by Crippen LogP contribution is -2.25. The summed E-state index contributed by atoms with van der Waals surface area (Å²) in [5, 5.41) is 4.13. The summed E-state index contributed by atoms with van der Waals surface area (Å²) in [5.74, 6) is 0.637. The number of halogens is 1. The van der Waals surface area contributed by atoms with Crippen molar-refractivity contribution in [1.82, 2.24) is 5.32 Å². The number of rotatable bonds is 3. The van der Waals surface area contributed by atoms with Crippen molar-refractivity contribution in [3.8, 4) is 0 Å². The van der Waals surface area contributed by atoms with E-state index in [1.165, 1.54) is 11.1 Å². The Hall–Kier alpha value is -0.790. The van der Waals surface area contributed by atoms with E-state index in [2.05, 4.69) is 43.1 Å². The minimum absolute atomic E-state index is 0.428. The quantitative estimate of drug-likeness (QED) is 0.826. The van der Waals surface area contributed by atoms with Gasteiger partial charge in [0.25, 0.3) is 0 Å². The summed E-state index contributed by atoms with van der Waals surface area (Å²) in [4.78, 5) is 0. The van der Waals surface area contributed by atoms with Crippen LogP contribution in [0.4, 0.5) is 0 Å². The van der Waals surface area contributed by atoms with Crippen molar-refractivity contribution in [2.24, 2.45) is 5.92 Å². The Morgan fingerprint density at radius 3 is 3.00 bits per heavy atom. The maximum atomic E-state index is 5.77. The van der Waals surface area contributed by atoms with Gasteiger partial charge in [0.1, 0.15) is 0 Å². The van der Waals surface area contributed by atoms with Gasteiger partial charge < -0.3 is 5.32 Å². The molecule has 0 aromatic heterocycles. The van der Waals surface area contributed by atoms with E-state index in [0.717, 1.165) is 6.42 Å². The van der Waals surface area contributed by atoms with Crippen molar-refractivity contribution in [2.45, 2.75) is 19.4 Å². The van der Waals surface area contributed by atoms with Crippen molar-refractivity contribution in [2.75, 3.05) is 6.54 Å². The van der Waals surface area contributed by atoms with Gasteiger partial charge >= 0.3 is 0 Å². The zero-order valence-corrected chi connectivity index (χ0v) is 9.72. The fourth-order valence-corrected chi connectivity index (χ4v) is 2.40. The lowest BCUT2D eigenvalue weighted by molar-refractivity contribution is 0.432. The SMILES string of the molecule is C=C(Cl)CNC1c2ccccc2CC1C. The van der Waals surface area contributed by atoms with Crippen molar-refractivity contribution in [3.63, 3.8) is 0 Å². The molecule has 1 aromatic carbocycles. The van der Waals surface area contributed by atoms with Crippen LogP contribution >= 0.6 is 11.6 Å². The molecule has 2 rings (SSSR count). The first-order valence-corrected chi connectivity index (χ1v) is 5.70. The first-order chi connectivity index (χ1) is 7.18. The molecule has 0 aliphatic heterocycles. The molecule has 0 heterocycles. The summed E-state index contributed by atoms with van der Waals surface area (Å²) >= 11 is 5.77. The van der Waals surface area contributed by atoms with E-state index in [-0.39, 0.29) is 0 Å². The van der Waals surface area contributed by atoms with E-state index in [4.69, 9.17) is 11.6 Å². The minimum Gasteiger partial charge on any atom is -0.305 e. The maximum absolute atomic E-state index is 5.77. The fraction of sp³-hybridized carbons (Fsp3) is 0.385. The van der Waals surface area contributed by atoms with Crippen molar-refractivity contribution >= 4 is 11.6 Å². The molecule has 2 heteroatoms. The van der Waals surface area contributed by atoms with Crippen LogP contribution in [0, 0.1) is 5.92 Å².